The molecule has 4 nitrogen and oxygen atoms in total. The molecule has 2 N–H and O–H groups in total. The number of hydrogen-bond donors (Lipinski definition) is 1. The number of methoxy groups -OCH3 is 1. The Morgan fingerprint density at radius 2 is 1.78 bits per heavy atom. The van der Waals surface area contributed by atoms with Crippen molar-refractivity contribution in [2.24, 2.45) is 0 Å². The summed E-state index contributed by atoms with van der Waals surface area (Å²) in [7, 11) is 1.65. The summed E-state index contributed by atoms with van der Waals surface area (Å²) >= 11 is 0. The van der Waals surface area contributed by atoms with Crippen molar-refractivity contribution < 1.29 is 4.74 Å². The number of nitrogens with zero attached hydrogens (tertiary/aromatic N) is 2. The quantitative estimate of drug-likeness (QED) is 0.898. The monoisotopic (exact) mass is 243 g/mol. The highest BCUT2D eigenvalue weighted by Crippen LogP contribution is 2.16. The van der Waals surface area contributed by atoms with E-state index in [2.05, 4.69) is 9.97 Å². The number of nitrogen functional groups attached to an aromatic ring is 1. The smallest absolute Gasteiger partial charge is 0.135 e. The zero-order valence-corrected chi connectivity index (χ0v) is 10.9. The highest BCUT2D eigenvalue weighted by molar-refractivity contribution is 5.41. The van der Waals surface area contributed by atoms with Gasteiger partial charge in [0, 0.05) is 17.7 Å². The Kier molecular flexibility index (Phi) is 3.46. The first-order valence-electron chi connectivity index (χ1n) is 5.82. The number of benzene rings is 1. The SMILES string of the molecule is COc1ccc(Cc2nc(C)c(C)c(N)n2)cc1. The summed E-state index contributed by atoms with van der Waals surface area (Å²) in [6, 6.07) is 7.88. The average Bonchev–Trinajstić information content (AvgIpc) is 2.37. The summed E-state index contributed by atoms with van der Waals surface area (Å²) in [6.07, 6.45) is 0.676. The number of aromatic nitrogens is 2. The first-order chi connectivity index (χ1) is 8.60. The minimum atomic E-state index is 0.561. The van der Waals surface area contributed by atoms with Gasteiger partial charge in [0.15, 0.2) is 0 Å². The van der Waals surface area contributed by atoms with E-state index >= 15 is 0 Å². The maximum atomic E-state index is 5.85. The van der Waals surface area contributed by atoms with Gasteiger partial charge in [0.1, 0.15) is 17.4 Å². The molecule has 0 atom stereocenters. The lowest BCUT2D eigenvalue weighted by atomic mass is 10.1. The Labute approximate surface area is 107 Å². The summed E-state index contributed by atoms with van der Waals surface area (Å²) < 4.78 is 5.12. The molecule has 1 heterocycles. The van der Waals surface area contributed by atoms with Crippen molar-refractivity contribution in [2.75, 3.05) is 12.8 Å². The normalized spacial score (nSPS) is 10.4. The molecule has 2 rings (SSSR count). The molecule has 18 heavy (non-hydrogen) atoms. The summed E-state index contributed by atoms with van der Waals surface area (Å²) in [5.41, 5.74) is 8.88. The number of rotatable bonds is 3. The highest BCUT2D eigenvalue weighted by atomic mass is 16.5. The van der Waals surface area contributed by atoms with E-state index in [0.29, 0.717) is 12.2 Å². The van der Waals surface area contributed by atoms with E-state index in [1.54, 1.807) is 7.11 Å². The predicted octanol–water partition coefficient (Wildman–Crippen LogP) is 2.28. The van der Waals surface area contributed by atoms with Gasteiger partial charge in [-0.25, -0.2) is 9.97 Å². The van der Waals surface area contributed by atoms with Crippen molar-refractivity contribution in [3.63, 3.8) is 0 Å². The number of aryl methyl sites for hydroxylation is 1. The van der Waals surface area contributed by atoms with Gasteiger partial charge in [-0.15, -0.1) is 0 Å². The van der Waals surface area contributed by atoms with Gasteiger partial charge in [0.25, 0.3) is 0 Å². The van der Waals surface area contributed by atoms with E-state index < -0.39 is 0 Å². The van der Waals surface area contributed by atoms with E-state index in [1.807, 2.05) is 38.1 Å². The topological polar surface area (TPSA) is 61.0 Å². The molecule has 0 saturated carbocycles. The molecule has 4 heteroatoms. The van der Waals surface area contributed by atoms with E-state index in [9.17, 15) is 0 Å². The number of ether oxygens (including phenoxy) is 1. The second-order valence-electron chi connectivity index (χ2n) is 4.26. The van der Waals surface area contributed by atoms with Gasteiger partial charge < -0.3 is 10.5 Å². The van der Waals surface area contributed by atoms with Crippen LogP contribution >= 0.6 is 0 Å². The Hall–Kier alpha value is -2.10. The molecule has 0 aliphatic heterocycles. The standard InChI is InChI=1S/C14H17N3O/c1-9-10(2)16-13(17-14(9)15)8-11-4-6-12(18-3)7-5-11/h4-7H,8H2,1-3H3,(H2,15,16,17). The molecule has 1 aromatic carbocycles. The van der Waals surface area contributed by atoms with Crippen LogP contribution in [0.1, 0.15) is 22.6 Å². The zero-order valence-electron chi connectivity index (χ0n) is 10.9. The molecule has 0 spiro atoms. The third-order valence-corrected chi connectivity index (χ3v) is 2.99. The van der Waals surface area contributed by atoms with E-state index in [0.717, 1.165) is 28.4 Å². The maximum Gasteiger partial charge on any atom is 0.135 e. The van der Waals surface area contributed by atoms with Crippen LogP contribution in [-0.4, -0.2) is 17.1 Å². The molecule has 0 amide bonds. The van der Waals surface area contributed by atoms with Gasteiger partial charge in [0.05, 0.1) is 7.11 Å². The van der Waals surface area contributed by atoms with Crippen molar-refractivity contribution in [3.05, 3.63) is 46.9 Å². The summed E-state index contributed by atoms with van der Waals surface area (Å²) in [5, 5.41) is 0. The summed E-state index contributed by atoms with van der Waals surface area (Å²) in [5.74, 6) is 2.16. The maximum absolute atomic E-state index is 5.85. The van der Waals surface area contributed by atoms with Gasteiger partial charge in [0.2, 0.25) is 0 Å². The fourth-order valence-electron chi connectivity index (χ4n) is 1.72. The number of nitrogens with two attached hydrogens (primary N) is 1. The summed E-state index contributed by atoms with van der Waals surface area (Å²) in [6.45, 7) is 3.88. The van der Waals surface area contributed by atoms with E-state index in [4.69, 9.17) is 10.5 Å². The predicted molar refractivity (Wildman–Crippen MR) is 71.7 cm³/mol. The van der Waals surface area contributed by atoms with Gasteiger partial charge in [-0.05, 0) is 31.5 Å². The van der Waals surface area contributed by atoms with Crippen molar-refractivity contribution in [2.45, 2.75) is 20.3 Å². The van der Waals surface area contributed by atoms with Gasteiger partial charge in [-0.1, -0.05) is 12.1 Å². The van der Waals surface area contributed by atoms with Crippen LogP contribution < -0.4 is 10.5 Å². The highest BCUT2D eigenvalue weighted by Gasteiger charge is 2.06. The average molecular weight is 243 g/mol. The van der Waals surface area contributed by atoms with Crippen LogP contribution in [0.3, 0.4) is 0 Å². The first-order valence-corrected chi connectivity index (χ1v) is 5.82. The molecular weight excluding hydrogens is 226 g/mol. The van der Waals surface area contributed by atoms with Gasteiger partial charge >= 0.3 is 0 Å². The van der Waals surface area contributed by atoms with Crippen LogP contribution in [-0.2, 0) is 6.42 Å². The Balaban J connectivity index is 2.23. The Bertz CT molecular complexity index is 526. The molecule has 0 radical (unpaired) electrons. The largest absolute Gasteiger partial charge is 0.497 e. The summed E-state index contributed by atoms with van der Waals surface area (Å²) in [4.78, 5) is 8.76. The van der Waals surface area contributed by atoms with Crippen molar-refractivity contribution in [3.8, 4) is 5.75 Å². The molecular formula is C14H17N3O. The molecule has 0 saturated heterocycles. The van der Waals surface area contributed by atoms with Crippen LogP contribution in [0.25, 0.3) is 0 Å². The molecule has 0 aliphatic rings. The molecule has 0 unspecified atom stereocenters. The van der Waals surface area contributed by atoms with E-state index in [-0.39, 0.29) is 0 Å². The molecule has 0 aliphatic carbocycles. The third kappa shape index (κ3) is 2.59. The lowest BCUT2D eigenvalue weighted by Crippen LogP contribution is -2.05. The van der Waals surface area contributed by atoms with Crippen LogP contribution in [0.4, 0.5) is 5.82 Å². The molecule has 0 bridgehead atoms. The Morgan fingerprint density at radius 1 is 1.11 bits per heavy atom. The lowest BCUT2D eigenvalue weighted by Gasteiger charge is -2.07. The zero-order chi connectivity index (χ0) is 13.1. The molecule has 1 aromatic heterocycles. The Morgan fingerprint density at radius 3 is 2.33 bits per heavy atom. The second kappa shape index (κ2) is 5.04. The fourth-order valence-corrected chi connectivity index (χ4v) is 1.72. The van der Waals surface area contributed by atoms with Crippen molar-refractivity contribution in [1.82, 2.24) is 9.97 Å². The minimum absolute atomic E-state index is 0.561. The van der Waals surface area contributed by atoms with Crippen LogP contribution in [0, 0.1) is 13.8 Å². The van der Waals surface area contributed by atoms with Crippen LogP contribution in [0.5, 0.6) is 5.75 Å². The van der Waals surface area contributed by atoms with Crippen LogP contribution in [0.15, 0.2) is 24.3 Å². The molecule has 94 valence electrons. The van der Waals surface area contributed by atoms with Crippen molar-refractivity contribution in [1.29, 1.82) is 0 Å². The number of hydrogen-bond acceptors (Lipinski definition) is 4. The minimum Gasteiger partial charge on any atom is -0.497 e. The second-order valence-corrected chi connectivity index (χ2v) is 4.26. The molecule has 2 aromatic rings. The van der Waals surface area contributed by atoms with Gasteiger partial charge in [-0.2, -0.15) is 0 Å². The number of anilines is 1. The fraction of sp³-hybridized carbons (Fsp3) is 0.286. The molecule has 0 fully saturated rings. The van der Waals surface area contributed by atoms with E-state index in [1.165, 1.54) is 0 Å². The lowest BCUT2D eigenvalue weighted by molar-refractivity contribution is 0.414. The van der Waals surface area contributed by atoms with Gasteiger partial charge in [-0.3, -0.25) is 0 Å². The van der Waals surface area contributed by atoms with Crippen molar-refractivity contribution >= 4 is 5.82 Å². The first kappa shape index (κ1) is 12.4. The van der Waals surface area contributed by atoms with Crippen LogP contribution in [0.2, 0.25) is 0 Å². The third-order valence-electron chi connectivity index (χ3n) is 2.99.